The molecule has 0 aromatic rings. The minimum atomic E-state index is 0.275. The number of hydrogen-bond acceptors (Lipinski definition) is 2. The Balaban J connectivity index is 2.34. The molecule has 1 unspecified atom stereocenters. The van der Waals surface area contributed by atoms with Gasteiger partial charge in [0, 0.05) is 24.2 Å². The van der Waals surface area contributed by atoms with Crippen LogP contribution in [0.1, 0.15) is 79.6 Å². The van der Waals surface area contributed by atoms with E-state index in [-0.39, 0.29) is 5.54 Å². The van der Waals surface area contributed by atoms with Crippen molar-refractivity contribution in [2.24, 2.45) is 0 Å². The van der Waals surface area contributed by atoms with Gasteiger partial charge in [-0.3, -0.25) is 4.90 Å². The summed E-state index contributed by atoms with van der Waals surface area (Å²) in [6.07, 6.45) is 9.62. The average molecular weight is 268 g/mol. The second-order valence-corrected chi connectivity index (χ2v) is 7.28. The highest BCUT2D eigenvalue weighted by Gasteiger charge is 2.38. The van der Waals surface area contributed by atoms with Crippen LogP contribution in [-0.4, -0.2) is 35.6 Å². The van der Waals surface area contributed by atoms with Gasteiger partial charge in [0.1, 0.15) is 0 Å². The smallest absolute Gasteiger partial charge is 0.0304 e. The lowest BCUT2D eigenvalue weighted by atomic mass is 9.87. The molecular formula is C17H36N2. The highest BCUT2D eigenvalue weighted by atomic mass is 15.3. The maximum atomic E-state index is 3.71. The van der Waals surface area contributed by atoms with Crippen LogP contribution in [0, 0.1) is 0 Å². The van der Waals surface area contributed by atoms with Gasteiger partial charge in [0.15, 0.2) is 0 Å². The molecule has 1 rings (SSSR count). The lowest BCUT2D eigenvalue weighted by Crippen LogP contribution is -2.67. The molecule has 1 fully saturated rings. The number of hydrogen-bond donors (Lipinski definition) is 1. The fraction of sp³-hybridized carbons (Fsp3) is 1.00. The molecule has 1 N–H and O–H groups in total. The largest absolute Gasteiger partial charge is 0.309 e. The molecule has 0 radical (unpaired) electrons. The van der Waals surface area contributed by atoms with Gasteiger partial charge in [0.2, 0.25) is 0 Å². The van der Waals surface area contributed by atoms with E-state index in [2.05, 4.69) is 44.8 Å². The van der Waals surface area contributed by atoms with Crippen LogP contribution in [0.15, 0.2) is 0 Å². The molecule has 1 atom stereocenters. The molecule has 0 aliphatic carbocycles. The molecule has 1 heterocycles. The molecule has 1 aliphatic rings. The molecule has 1 saturated heterocycles. The van der Waals surface area contributed by atoms with Crippen LogP contribution in [0.25, 0.3) is 0 Å². The molecule has 0 bridgehead atoms. The van der Waals surface area contributed by atoms with E-state index in [0.29, 0.717) is 5.54 Å². The van der Waals surface area contributed by atoms with E-state index >= 15 is 0 Å². The van der Waals surface area contributed by atoms with Gasteiger partial charge in [-0.05, 0) is 40.2 Å². The van der Waals surface area contributed by atoms with Crippen molar-refractivity contribution in [1.29, 1.82) is 0 Å². The van der Waals surface area contributed by atoms with Crippen molar-refractivity contribution in [2.45, 2.75) is 90.6 Å². The molecule has 19 heavy (non-hydrogen) atoms. The van der Waals surface area contributed by atoms with Crippen LogP contribution in [-0.2, 0) is 0 Å². The normalized spacial score (nSPS) is 27.6. The standard InChI is InChI=1S/C17H36N2/c1-6-8-9-10-11-12-13-19-15-16(3,4)18-14-17(19,5)7-2/h18H,6-15H2,1-5H3. The van der Waals surface area contributed by atoms with E-state index in [9.17, 15) is 0 Å². The highest BCUT2D eigenvalue weighted by molar-refractivity contribution is 4.99. The van der Waals surface area contributed by atoms with Crippen LogP contribution in [0.5, 0.6) is 0 Å². The van der Waals surface area contributed by atoms with Crippen LogP contribution in [0.2, 0.25) is 0 Å². The molecule has 0 spiro atoms. The average Bonchev–Trinajstić information content (AvgIpc) is 2.37. The van der Waals surface area contributed by atoms with Gasteiger partial charge in [0.25, 0.3) is 0 Å². The molecular weight excluding hydrogens is 232 g/mol. The van der Waals surface area contributed by atoms with Gasteiger partial charge in [-0.2, -0.15) is 0 Å². The third kappa shape index (κ3) is 5.43. The van der Waals surface area contributed by atoms with Gasteiger partial charge in [-0.1, -0.05) is 46.0 Å². The monoisotopic (exact) mass is 268 g/mol. The molecule has 0 saturated carbocycles. The first-order valence-corrected chi connectivity index (χ1v) is 8.43. The predicted molar refractivity (Wildman–Crippen MR) is 85.7 cm³/mol. The Morgan fingerprint density at radius 2 is 1.58 bits per heavy atom. The van der Waals surface area contributed by atoms with E-state index in [1.165, 1.54) is 58.0 Å². The van der Waals surface area contributed by atoms with Crippen molar-refractivity contribution in [3.63, 3.8) is 0 Å². The first kappa shape index (κ1) is 17.0. The third-order valence-electron chi connectivity index (χ3n) is 4.84. The maximum Gasteiger partial charge on any atom is 0.0304 e. The summed E-state index contributed by atoms with van der Waals surface area (Å²) >= 11 is 0. The molecule has 0 aromatic carbocycles. The lowest BCUT2D eigenvalue weighted by Gasteiger charge is -2.51. The number of rotatable bonds is 8. The van der Waals surface area contributed by atoms with Crippen molar-refractivity contribution < 1.29 is 0 Å². The van der Waals surface area contributed by atoms with Crippen LogP contribution in [0.4, 0.5) is 0 Å². The molecule has 2 heteroatoms. The minimum Gasteiger partial charge on any atom is -0.309 e. The van der Waals surface area contributed by atoms with E-state index in [1.807, 2.05) is 0 Å². The quantitative estimate of drug-likeness (QED) is 0.664. The Morgan fingerprint density at radius 3 is 2.21 bits per heavy atom. The van der Waals surface area contributed by atoms with Gasteiger partial charge in [-0.25, -0.2) is 0 Å². The summed E-state index contributed by atoms with van der Waals surface area (Å²) in [5, 5.41) is 3.71. The molecule has 1 aliphatic heterocycles. The van der Waals surface area contributed by atoms with Crippen molar-refractivity contribution in [3.8, 4) is 0 Å². The van der Waals surface area contributed by atoms with E-state index in [4.69, 9.17) is 0 Å². The summed E-state index contributed by atoms with van der Waals surface area (Å²) < 4.78 is 0. The Kier molecular flexibility index (Phi) is 6.82. The predicted octanol–water partition coefficient (Wildman–Crippen LogP) is 4.20. The number of piperazine rings is 1. The summed E-state index contributed by atoms with van der Waals surface area (Å²) in [7, 11) is 0. The van der Waals surface area contributed by atoms with Crippen molar-refractivity contribution in [2.75, 3.05) is 19.6 Å². The Morgan fingerprint density at radius 1 is 0.947 bits per heavy atom. The minimum absolute atomic E-state index is 0.275. The second kappa shape index (κ2) is 7.64. The first-order chi connectivity index (χ1) is 8.93. The summed E-state index contributed by atoms with van der Waals surface area (Å²) in [4.78, 5) is 2.74. The van der Waals surface area contributed by atoms with Gasteiger partial charge < -0.3 is 5.32 Å². The summed E-state index contributed by atoms with van der Waals surface area (Å²) in [5.74, 6) is 0. The second-order valence-electron chi connectivity index (χ2n) is 7.28. The van der Waals surface area contributed by atoms with E-state index in [0.717, 1.165) is 6.54 Å². The Bertz CT molecular complexity index is 250. The van der Waals surface area contributed by atoms with Gasteiger partial charge in [-0.15, -0.1) is 0 Å². The fourth-order valence-corrected chi connectivity index (χ4v) is 3.05. The highest BCUT2D eigenvalue weighted by Crippen LogP contribution is 2.27. The number of nitrogens with one attached hydrogen (secondary N) is 1. The van der Waals surface area contributed by atoms with Crippen LogP contribution < -0.4 is 5.32 Å². The third-order valence-corrected chi connectivity index (χ3v) is 4.84. The Hall–Kier alpha value is -0.0800. The fourth-order valence-electron chi connectivity index (χ4n) is 3.05. The van der Waals surface area contributed by atoms with Crippen LogP contribution in [0.3, 0.4) is 0 Å². The molecule has 0 aromatic heterocycles. The molecule has 114 valence electrons. The Labute approximate surface area is 121 Å². The van der Waals surface area contributed by atoms with Crippen molar-refractivity contribution in [1.82, 2.24) is 10.2 Å². The lowest BCUT2D eigenvalue weighted by molar-refractivity contribution is 0.0230. The van der Waals surface area contributed by atoms with Crippen LogP contribution >= 0.6 is 0 Å². The van der Waals surface area contributed by atoms with Gasteiger partial charge >= 0.3 is 0 Å². The zero-order valence-electron chi connectivity index (χ0n) is 14.0. The summed E-state index contributed by atoms with van der Waals surface area (Å²) in [5.41, 5.74) is 0.635. The maximum absolute atomic E-state index is 3.71. The zero-order chi connectivity index (χ0) is 14.4. The first-order valence-electron chi connectivity index (χ1n) is 8.43. The van der Waals surface area contributed by atoms with Crippen molar-refractivity contribution >= 4 is 0 Å². The number of unbranched alkanes of at least 4 members (excludes halogenated alkanes) is 5. The van der Waals surface area contributed by atoms with E-state index < -0.39 is 0 Å². The topological polar surface area (TPSA) is 15.3 Å². The number of nitrogens with zero attached hydrogens (tertiary/aromatic N) is 1. The molecule has 0 amide bonds. The SMILES string of the molecule is CCCCCCCCN1CC(C)(C)NCC1(C)CC. The summed E-state index contributed by atoms with van der Waals surface area (Å²) in [6, 6.07) is 0. The molecule has 2 nitrogen and oxygen atoms in total. The van der Waals surface area contributed by atoms with E-state index in [1.54, 1.807) is 0 Å². The van der Waals surface area contributed by atoms with Crippen molar-refractivity contribution in [3.05, 3.63) is 0 Å². The van der Waals surface area contributed by atoms with Gasteiger partial charge in [0.05, 0.1) is 0 Å². The summed E-state index contributed by atoms with van der Waals surface area (Å²) in [6.45, 7) is 15.3. The zero-order valence-corrected chi connectivity index (χ0v) is 14.0.